The Morgan fingerprint density at radius 2 is 1.25 bits per heavy atom. The molecule has 0 amide bonds. The zero-order valence-corrected chi connectivity index (χ0v) is 3.44. The van der Waals surface area contributed by atoms with Gasteiger partial charge in [0.15, 0.2) is 5.34 Å². The lowest BCUT2D eigenvalue weighted by molar-refractivity contribution is -0.755. The van der Waals surface area contributed by atoms with E-state index in [4.69, 9.17) is 10.1 Å². The molecule has 0 unspecified atom stereocenters. The lowest BCUT2D eigenvalue weighted by Crippen LogP contribution is -2.58. The number of rotatable bonds is 0. The Bertz CT molecular complexity index is 53.5. The van der Waals surface area contributed by atoms with Crippen LogP contribution in [0.15, 0.2) is 0 Å². The smallest absolute Gasteiger partial charge is 0.418 e. The fourth-order valence-electron chi connectivity index (χ4n) is 0. The fraction of sp³-hybridized carbons (Fsp3) is 0. The van der Waals surface area contributed by atoms with E-state index in [0.717, 1.165) is 0 Å². The van der Waals surface area contributed by atoms with E-state index >= 15 is 0 Å². The monoisotopic (exact) mass is 135 g/mol. The second-order valence-electron chi connectivity index (χ2n) is 0.586. The van der Waals surface area contributed by atoms with Crippen LogP contribution >= 0.6 is 0 Å². The van der Waals surface area contributed by atoms with Gasteiger partial charge in [0.05, 0.1) is 4.91 Å². The molecule has 2 N–H and O–H groups in total. The molecule has 0 aromatic rings. The third kappa shape index (κ3) is 137. The van der Waals surface area contributed by atoms with Gasteiger partial charge in [0.25, 0.3) is 0 Å². The van der Waals surface area contributed by atoms with E-state index in [1.54, 1.807) is 0 Å². The normalized spacial score (nSPS) is 9.00. The van der Waals surface area contributed by atoms with Gasteiger partial charge in [-0.15, -0.1) is 0 Å². The van der Waals surface area contributed by atoms with E-state index in [-0.39, 0.29) is 0 Å². The molecule has 0 fully saturated rings. The Kier molecular flexibility index (Phi) is 5.55. The number of hydrogen-bond acceptors (Lipinski definition) is 1. The maximum Gasteiger partial charge on any atom is 0.673 e. The number of hydrogen-bond donors (Lipinski definition) is 2. The van der Waals surface area contributed by atoms with Crippen LogP contribution in [0.3, 0.4) is 0 Å². The molecular formula is H2BF4NO2. The minimum atomic E-state index is -6.00. The van der Waals surface area contributed by atoms with Crippen molar-refractivity contribution >= 4 is 7.25 Å². The van der Waals surface area contributed by atoms with Crippen LogP contribution in [-0.2, 0) is 0 Å². The first-order chi connectivity index (χ1) is 3.41. The molecule has 0 aliphatic rings. The summed E-state index contributed by atoms with van der Waals surface area (Å²) in [6.45, 7) is 0. The summed E-state index contributed by atoms with van der Waals surface area (Å²) in [7, 11) is -6.00. The fourth-order valence-corrected chi connectivity index (χ4v) is 0. The van der Waals surface area contributed by atoms with Crippen molar-refractivity contribution in [2.24, 2.45) is 0 Å². The highest BCUT2D eigenvalue weighted by Gasteiger charge is 2.20. The van der Waals surface area contributed by atoms with Gasteiger partial charge in [-0.3, -0.25) is 0 Å². The Morgan fingerprint density at radius 3 is 1.25 bits per heavy atom. The lowest BCUT2D eigenvalue weighted by Gasteiger charge is -1.94. The van der Waals surface area contributed by atoms with E-state index in [2.05, 4.69) is 0 Å². The molecule has 3 nitrogen and oxygen atoms in total. The third-order valence-electron chi connectivity index (χ3n) is 0. The first-order valence-electron chi connectivity index (χ1n) is 1.30. The first kappa shape index (κ1) is 10.2. The van der Waals surface area contributed by atoms with E-state index < -0.39 is 7.25 Å². The second-order valence-corrected chi connectivity index (χ2v) is 0.586. The predicted molar refractivity (Wildman–Crippen MR) is 16.3 cm³/mol. The molecule has 0 saturated heterocycles. The summed E-state index contributed by atoms with van der Waals surface area (Å²) in [5, 5.41) is 7.26. The van der Waals surface area contributed by atoms with Crippen LogP contribution < -0.4 is 5.34 Å². The molecule has 0 heterocycles. The maximum absolute atomic E-state index is 9.75. The van der Waals surface area contributed by atoms with Crippen molar-refractivity contribution in [2.75, 3.05) is 0 Å². The summed E-state index contributed by atoms with van der Waals surface area (Å²) in [6, 6.07) is 0. The Morgan fingerprint density at radius 1 is 1.25 bits per heavy atom. The van der Waals surface area contributed by atoms with Crippen LogP contribution in [0.4, 0.5) is 17.3 Å². The van der Waals surface area contributed by atoms with Crippen molar-refractivity contribution < 1.29 is 27.8 Å². The molecule has 0 rings (SSSR count). The van der Waals surface area contributed by atoms with E-state index in [1.165, 1.54) is 0 Å². The van der Waals surface area contributed by atoms with Crippen molar-refractivity contribution in [3.63, 3.8) is 0 Å². The minimum absolute atomic E-state index is 0.500. The van der Waals surface area contributed by atoms with Crippen LogP contribution in [0.2, 0.25) is 0 Å². The Hall–Kier alpha value is -0.815. The highest BCUT2D eigenvalue weighted by atomic mass is 19.5. The quantitative estimate of drug-likeness (QED) is 0.267. The molecule has 0 aliphatic heterocycles. The van der Waals surface area contributed by atoms with E-state index in [9.17, 15) is 17.3 Å². The topological polar surface area (TPSA) is 51.3 Å². The molecule has 50 valence electrons. The molecule has 0 bridgehead atoms. The van der Waals surface area contributed by atoms with Crippen LogP contribution in [0.25, 0.3) is 0 Å². The van der Waals surface area contributed by atoms with Gasteiger partial charge in [-0.1, -0.05) is 0 Å². The van der Waals surface area contributed by atoms with Crippen molar-refractivity contribution in [1.29, 1.82) is 0 Å². The molecule has 0 radical (unpaired) electrons. The van der Waals surface area contributed by atoms with Crippen molar-refractivity contribution in [3.05, 3.63) is 4.91 Å². The molecule has 0 atom stereocenters. The Balaban J connectivity index is 0. The summed E-state index contributed by atoms with van der Waals surface area (Å²) in [6.07, 6.45) is 0. The molecular weight excluding hydrogens is 133 g/mol. The molecule has 0 spiro atoms. The van der Waals surface area contributed by atoms with Crippen LogP contribution in [0.5, 0.6) is 0 Å². The molecule has 8 heavy (non-hydrogen) atoms. The van der Waals surface area contributed by atoms with Crippen molar-refractivity contribution in [2.45, 2.75) is 0 Å². The van der Waals surface area contributed by atoms with Gasteiger partial charge in [-0.2, -0.15) is 0 Å². The zero-order valence-electron chi connectivity index (χ0n) is 3.44. The first-order valence-corrected chi connectivity index (χ1v) is 1.30. The predicted octanol–water partition coefficient (Wildman–Crippen LogP) is -0.477. The molecule has 0 saturated carbocycles. The average Bonchev–Trinajstić information content (AvgIpc) is 1.27. The molecule has 0 aliphatic carbocycles. The van der Waals surface area contributed by atoms with E-state index in [1.807, 2.05) is 0 Å². The van der Waals surface area contributed by atoms with Crippen LogP contribution in [-0.4, -0.2) is 12.5 Å². The van der Waals surface area contributed by atoms with Gasteiger partial charge in [0.2, 0.25) is 0 Å². The van der Waals surface area contributed by atoms with Crippen LogP contribution in [0.1, 0.15) is 0 Å². The molecule has 8 heteroatoms. The van der Waals surface area contributed by atoms with Crippen LogP contribution in [0, 0.1) is 4.91 Å². The standard InChI is InChI=1S/BF4.HNO2/c2-1(3,4)5;2-1-3/h;1H/q-1;/p+1. The largest absolute Gasteiger partial charge is 0.673 e. The van der Waals surface area contributed by atoms with Gasteiger partial charge >= 0.3 is 7.25 Å². The van der Waals surface area contributed by atoms with Gasteiger partial charge in [0.1, 0.15) is 0 Å². The maximum atomic E-state index is 9.75. The molecule has 0 aromatic carbocycles. The summed E-state index contributed by atoms with van der Waals surface area (Å²) in [4.78, 5) is 8.24. The summed E-state index contributed by atoms with van der Waals surface area (Å²) in [5.74, 6) is 0. The van der Waals surface area contributed by atoms with Gasteiger partial charge in [0, 0.05) is 0 Å². The summed E-state index contributed by atoms with van der Waals surface area (Å²) in [5.41, 5.74) is 0. The second kappa shape index (κ2) is 4.35. The minimum Gasteiger partial charge on any atom is -0.418 e. The van der Waals surface area contributed by atoms with Crippen molar-refractivity contribution in [1.82, 2.24) is 0 Å². The summed E-state index contributed by atoms with van der Waals surface area (Å²) < 4.78 is 39.0. The highest BCUT2D eigenvalue weighted by Crippen LogP contribution is 2.06. The average molecular weight is 135 g/mol. The highest BCUT2D eigenvalue weighted by molar-refractivity contribution is 6.50. The third-order valence-corrected chi connectivity index (χ3v) is 0. The van der Waals surface area contributed by atoms with Crippen molar-refractivity contribution in [3.8, 4) is 0 Å². The number of halogens is 4. The van der Waals surface area contributed by atoms with Gasteiger partial charge in [-0.05, 0) is 0 Å². The van der Waals surface area contributed by atoms with E-state index in [0.29, 0.717) is 5.34 Å². The zero-order chi connectivity index (χ0) is 7.21. The Labute approximate surface area is 41.3 Å². The van der Waals surface area contributed by atoms with Gasteiger partial charge < -0.3 is 17.3 Å². The van der Waals surface area contributed by atoms with Gasteiger partial charge in [-0.25, -0.2) is 5.21 Å². The summed E-state index contributed by atoms with van der Waals surface area (Å²) >= 11 is 0. The molecule has 0 aromatic heterocycles. The number of nitrogens with one attached hydrogen (secondary N) is 1. The SMILES string of the molecule is F[B-](F)(F)F.O=[NH+]O. The lowest BCUT2D eigenvalue weighted by atomic mass is 10.3.